The molecule has 0 aromatic heterocycles. The summed E-state index contributed by atoms with van der Waals surface area (Å²) in [7, 11) is 1.96. The molecule has 21 heavy (non-hydrogen) atoms. The molecule has 118 valence electrons. The number of nitrogens with zero attached hydrogens (tertiary/aromatic N) is 1. The fourth-order valence-electron chi connectivity index (χ4n) is 2.24. The number of halogens is 3. The SMILES string of the molecule is CNC1CCN(C(=O)COc2ccc(Br)cc2Cl)CC1.Cl. The molecule has 1 aromatic rings. The second-order valence-electron chi connectivity index (χ2n) is 4.81. The lowest BCUT2D eigenvalue weighted by atomic mass is 10.1. The van der Waals surface area contributed by atoms with E-state index in [1.165, 1.54) is 0 Å². The third-order valence-corrected chi connectivity index (χ3v) is 4.29. The van der Waals surface area contributed by atoms with Crippen molar-refractivity contribution in [1.82, 2.24) is 10.2 Å². The van der Waals surface area contributed by atoms with Crippen LogP contribution in [0, 0.1) is 0 Å². The van der Waals surface area contributed by atoms with Crippen molar-refractivity contribution in [2.45, 2.75) is 18.9 Å². The standard InChI is InChI=1S/C14H18BrClN2O2.ClH/c1-17-11-4-6-18(7-5-11)14(19)9-20-13-3-2-10(15)8-12(13)16;/h2-3,8,11,17H,4-7,9H2,1H3;1H. The number of carbonyl (C=O) groups is 1. The molecule has 0 saturated carbocycles. The summed E-state index contributed by atoms with van der Waals surface area (Å²) >= 11 is 9.38. The summed E-state index contributed by atoms with van der Waals surface area (Å²) in [4.78, 5) is 13.9. The summed E-state index contributed by atoms with van der Waals surface area (Å²) in [6.07, 6.45) is 1.97. The number of amides is 1. The third-order valence-electron chi connectivity index (χ3n) is 3.50. The molecule has 1 heterocycles. The topological polar surface area (TPSA) is 41.6 Å². The van der Waals surface area contributed by atoms with E-state index >= 15 is 0 Å². The summed E-state index contributed by atoms with van der Waals surface area (Å²) in [5.74, 6) is 0.548. The molecule has 1 fully saturated rings. The Labute approximate surface area is 144 Å². The zero-order chi connectivity index (χ0) is 14.5. The van der Waals surface area contributed by atoms with Gasteiger partial charge in [0.05, 0.1) is 5.02 Å². The normalized spacial score (nSPS) is 15.5. The average molecular weight is 398 g/mol. The monoisotopic (exact) mass is 396 g/mol. The van der Waals surface area contributed by atoms with Crippen molar-refractivity contribution >= 4 is 45.8 Å². The smallest absolute Gasteiger partial charge is 0.260 e. The van der Waals surface area contributed by atoms with E-state index in [9.17, 15) is 4.79 Å². The van der Waals surface area contributed by atoms with Gasteiger partial charge in [-0.3, -0.25) is 4.79 Å². The van der Waals surface area contributed by atoms with E-state index in [2.05, 4.69) is 21.2 Å². The molecule has 0 unspecified atom stereocenters. The Morgan fingerprint density at radius 3 is 2.71 bits per heavy atom. The van der Waals surface area contributed by atoms with Gasteiger partial charge in [0.25, 0.3) is 5.91 Å². The molecule has 2 rings (SSSR count). The minimum absolute atomic E-state index is 0. The molecule has 1 amide bonds. The third kappa shape index (κ3) is 5.33. The summed E-state index contributed by atoms with van der Waals surface area (Å²) in [6.45, 7) is 1.59. The van der Waals surface area contributed by atoms with Crippen LogP contribution in [0.25, 0.3) is 0 Å². The maximum absolute atomic E-state index is 12.1. The maximum atomic E-state index is 12.1. The van der Waals surface area contributed by atoms with Gasteiger partial charge in [0.2, 0.25) is 0 Å². The molecule has 7 heteroatoms. The van der Waals surface area contributed by atoms with Crippen molar-refractivity contribution in [1.29, 1.82) is 0 Å². The van der Waals surface area contributed by atoms with Crippen LogP contribution in [0.1, 0.15) is 12.8 Å². The fraction of sp³-hybridized carbons (Fsp3) is 0.500. The first kappa shape index (κ1) is 18.6. The van der Waals surface area contributed by atoms with E-state index in [1.54, 1.807) is 12.1 Å². The number of benzene rings is 1. The van der Waals surface area contributed by atoms with Gasteiger partial charge in [-0.25, -0.2) is 0 Å². The van der Waals surface area contributed by atoms with E-state index in [-0.39, 0.29) is 24.9 Å². The summed E-state index contributed by atoms with van der Waals surface area (Å²) in [5.41, 5.74) is 0. The number of rotatable bonds is 4. The average Bonchev–Trinajstić information content (AvgIpc) is 2.46. The molecule has 0 radical (unpaired) electrons. The Hall–Kier alpha value is -0.490. The minimum Gasteiger partial charge on any atom is -0.482 e. The van der Waals surface area contributed by atoms with Crippen molar-refractivity contribution in [2.24, 2.45) is 0 Å². The van der Waals surface area contributed by atoms with Gasteiger partial charge in [0, 0.05) is 23.6 Å². The second kappa shape index (κ2) is 8.83. The van der Waals surface area contributed by atoms with Gasteiger partial charge in [0.1, 0.15) is 5.75 Å². The Kier molecular flexibility index (Phi) is 7.81. The lowest BCUT2D eigenvalue weighted by Gasteiger charge is -2.31. The van der Waals surface area contributed by atoms with Crippen LogP contribution in [0.3, 0.4) is 0 Å². The quantitative estimate of drug-likeness (QED) is 0.848. The highest BCUT2D eigenvalue weighted by Crippen LogP contribution is 2.27. The van der Waals surface area contributed by atoms with Crippen LogP contribution in [0.5, 0.6) is 5.75 Å². The van der Waals surface area contributed by atoms with Crippen LogP contribution in [0.2, 0.25) is 5.02 Å². The second-order valence-corrected chi connectivity index (χ2v) is 6.13. The Bertz CT molecular complexity index is 480. The van der Waals surface area contributed by atoms with E-state index in [1.807, 2.05) is 18.0 Å². The number of hydrogen-bond donors (Lipinski definition) is 1. The van der Waals surface area contributed by atoms with Gasteiger partial charge in [-0.2, -0.15) is 0 Å². The Morgan fingerprint density at radius 2 is 2.14 bits per heavy atom. The molecule has 4 nitrogen and oxygen atoms in total. The molecule has 0 spiro atoms. The molecule has 1 N–H and O–H groups in total. The summed E-state index contributed by atoms with van der Waals surface area (Å²) in [5, 5.41) is 3.74. The first-order valence-electron chi connectivity index (χ1n) is 6.63. The number of hydrogen-bond acceptors (Lipinski definition) is 3. The number of piperidine rings is 1. The van der Waals surface area contributed by atoms with Crippen molar-refractivity contribution in [3.8, 4) is 5.75 Å². The fourth-order valence-corrected chi connectivity index (χ4v) is 2.97. The van der Waals surface area contributed by atoms with Gasteiger partial charge in [-0.05, 0) is 38.1 Å². The number of ether oxygens (including phenoxy) is 1. The minimum atomic E-state index is 0. The van der Waals surface area contributed by atoms with E-state index in [0.717, 1.165) is 30.4 Å². The molecule has 0 bridgehead atoms. The van der Waals surface area contributed by atoms with Crippen LogP contribution in [-0.2, 0) is 4.79 Å². The number of likely N-dealkylation sites (tertiary alicyclic amines) is 1. The number of nitrogens with one attached hydrogen (secondary N) is 1. The van der Waals surface area contributed by atoms with E-state index < -0.39 is 0 Å². The van der Waals surface area contributed by atoms with Gasteiger partial charge in [0.15, 0.2) is 6.61 Å². The predicted octanol–water partition coefficient (Wildman–Crippen LogP) is 3.11. The van der Waals surface area contributed by atoms with Crippen LogP contribution in [0.4, 0.5) is 0 Å². The largest absolute Gasteiger partial charge is 0.482 e. The molecule has 0 aliphatic carbocycles. The summed E-state index contributed by atoms with van der Waals surface area (Å²) in [6, 6.07) is 5.86. The molecule has 1 saturated heterocycles. The van der Waals surface area contributed by atoms with Crippen molar-refractivity contribution in [3.63, 3.8) is 0 Å². The molecular formula is C14H19BrCl2N2O2. The highest BCUT2D eigenvalue weighted by molar-refractivity contribution is 9.10. The highest BCUT2D eigenvalue weighted by atomic mass is 79.9. The van der Waals surface area contributed by atoms with Crippen LogP contribution >= 0.6 is 39.9 Å². The highest BCUT2D eigenvalue weighted by Gasteiger charge is 2.22. The molecular weight excluding hydrogens is 379 g/mol. The van der Waals surface area contributed by atoms with E-state index in [0.29, 0.717) is 16.8 Å². The van der Waals surface area contributed by atoms with Gasteiger partial charge in [-0.1, -0.05) is 27.5 Å². The first-order chi connectivity index (χ1) is 9.60. The Morgan fingerprint density at radius 1 is 1.48 bits per heavy atom. The molecule has 1 aliphatic rings. The molecule has 1 aliphatic heterocycles. The van der Waals surface area contributed by atoms with Crippen LogP contribution < -0.4 is 10.1 Å². The van der Waals surface area contributed by atoms with Gasteiger partial charge >= 0.3 is 0 Å². The van der Waals surface area contributed by atoms with Crippen molar-refractivity contribution in [3.05, 3.63) is 27.7 Å². The maximum Gasteiger partial charge on any atom is 0.260 e. The lowest BCUT2D eigenvalue weighted by Crippen LogP contribution is -2.45. The molecule has 0 atom stereocenters. The zero-order valence-electron chi connectivity index (χ0n) is 11.8. The predicted molar refractivity (Wildman–Crippen MR) is 90.6 cm³/mol. The van der Waals surface area contributed by atoms with Crippen molar-refractivity contribution < 1.29 is 9.53 Å². The van der Waals surface area contributed by atoms with Crippen LogP contribution in [0.15, 0.2) is 22.7 Å². The number of carbonyl (C=O) groups excluding carboxylic acids is 1. The van der Waals surface area contributed by atoms with E-state index in [4.69, 9.17) is 16.3 Å². The molecule has 1 aromatic carbocycles. The van der Waals surface area contributed by atoms with Gasteiger partial charge in [-0.15, -0.1) is 12.4 Å². The van der Waals surface area contributed by atoms with Crippen LogP contribution in [-0.4, -0.2) is 43.6 Å². The van der Waals surface area contributed by atoms with Crippen molar-refractivity contribution in [2.75, 3.05) is 26.7 Å². The van der Waals surface area contributed by atoms with Gasteiger partial charge < -0.3 is 15.0 Å². The summed E-state index contributed by atoms with van der Waals surface area (Å²) < 4.78 is 6.38. The lowest BCUT2D eigenvalue weighted by molar-refractivity contribution is -0.134. The zero-order valence-corrected chi connectivity index (χ0v) is 14.9. The first-order valence-corrected chi connectivity index (χ1v) is 7.80. The Balaban J connectivity index is 0.00000220.